The Labute approximate surface area is 167 Å². The summed E-state index contributed by atoms with van der Waals surface area (Å²) in [5.41, 5.74) is 0. The van der Waals surface area contributed by atoms with Crippen molar-refractivity contribution in [2.45, 2.75) is 82.8 Å². The standard InChI is InChI=1S/C19H28F3NO6/c20-19(21,22)18(27)29-11-8-6-4-2-1-3-5-7-9-14(24)13-16(25)23-15-10-12-28-17(15)26/h15H,1-13H2,(H,23,25)/t15-/m0/s1. The molecule has 1 aliphatic rings. The highest BCUT2D eigenvalue weighted by atomic mass is 19.4. The monoisotopic (exact) mass is 423 g/mol. The van der Waals surface area contributed by atoms with Crippen LogP contribution >= 0.6 is 0 Å². The van der Waals surface area contributed by atoms with Gasteiger partial charge in [-0.15, -0.1) is 0 Å². The lowest BCUT2D eigenvalue weighted by Crippen LogP contribution is -2.38. The van der Waals surface area contributed by atoms with Crippen molar-refractivity contribution >= 4 is 23.6 Å². The van der Waals surface area contributed by atoms with Gasteiger partial charge in [-0.25, -0.2) is 9.59 Å². The van der Waals surface area contributed by atoms with Crippen LogP contribution in [0.25, 0.3) is 0 Å². The molecule has 0 radical (unpaired) electrons. The van der Waals surface area contributed by atoms with Gasteiger partial charge in [-0.05, 0) is 12.8 Å². The fourth-order valence-electron chi connectivity index (χ4n) is 2.87. The molecule has 0 aromatic rings. The minimum Gasteiger partial charge on any atom is -0.464 e. The average molecular weight is 423 g/mol. The van der Waals surface area contributed by atoms with Crippen LogP contribution < -0.4 is 5.32 Å². The van der Waals surface area contributed by atoms with E-state index in [1.807, 2.05) is 0 Å². The molecule has 1 rings (SSSR count). The molecule has 1 atom stereocenters. The van der Waals surface area contributed by atoms with Crippen molar-refractivity contribution in [2.75, 3.05) is 13.2 Å². The second-order valence-electron chi connectivity index (χ2n) is 7.00. The summed E-state index contributed by atoms with van der Waals surface area (Å²) < 4.78 is 44.6. The molecule has 29 heavy (non-hydrogen) atoms. The molecule has 0 unspecified atom stereocenters. The first-order chi connectivity index (χ1) is 13.7. The van der Waals surface area contributed by atoms with Crippen LogP contribution in [0.4, 0.5) is 13.2 Å². The molecule has 0 aromatic heterocycles. The first-order valence-electron chi connectivity index (χ1n) is 9.92. The Morgan fingerprint density at radius 3 is 2.14 bits per heavy atom. The highest BCUT2D eigenvalue weighted by Gasteiger charge is 2.40. The van der Waals surface area contributed by atoms with Gasteiger partial charge in [0.25, 0.3) is 0 Å². The molecule has 166 valence electrons. The number of ether oxygens (including phenoxy) is 2. The Bertz CT molecular complexity index is 565. The first kappa shape index (κ1) is 24.9. The second-order valence-corrected chi connectivity index (χ2v) is 7.00. The number of amides is 1. The number of alkyl halides is 3. The average Bonchev–Trinajstić information content (AvgIpc) is 3.03. The summed E-state index contributed by atoms with van der Waals surface area (Å²) >= 11 is 0. The molecule has 0 aliphatic carbocycles. The fourth-order valence-corrected chi connectivity index (χ4v) is 2.87. The SMILES string of the molecule is O=C(CCCCCCCCCCOC(=O)C(F)(F)F)CC(=O)N[C@H]1CCOC1=O. The summed E-state index contributed by atoms with van der Waals surface area (Å²) in [6.45, 7) is 0.0548. The normalized spacial score (nSPS) is 16.4. The third-order valence-corrected chi connectivity index (χ3v) is 4.44. The van der Waals surface area contributed by atoms with E-state index in [1.165, 1.54) is 0 Å². The van der Waals surface area contributed by atoms with Crippen LogP contribution in [-0.2, 0) is 28.7 Å². The highest BCUT2D eigenvalue weighted by molar-refractivity contribution is 5.99. The van der Waals surface area contributed by atoms with Crippen LogP contribution in [-0.4, -0.2) is 49.1 Å². The van der Waals surface area contributed by atoms with Crippen molar-refractivity contribution in [3.63, 3.8) is 0 Å². The number of hydrogen-bond acceptors (Lipinski definition) is 6. The van der Waals surface area contributed by atoms with E-state index in [0.29, 0.717) is 32.1 Å². The quantitative estimate of drug-likeness (QED) is 0.262. The number of halogens is 3. The third kappa shape index (κ3) is 11.5. The third-order valence-electron chi connectivity index (χ3n) is 4.44. The van der Waals surface area contributed by atoms with Gasteiger partial charge in [-0.2, -0.15) is 13.2 Å². The lowest BCUT2D eigenvalue weighted by Gasteiger charge is -2.08. The predicted molar refractivity (Wildman–Crippen MR) is 95.7 cm³/mol. The number of carbonyl (C=O) groups excluding carboxylic acids is 4. The summed E-state index contributed by atoms with van der Waals surface area (Å²) in [4.78, 5) is 45.2. The topological polar surface area (TPSA) is 98.8 Å². The summed E-state index contributed by atoms with van der Waals surface area (Å²) in [5, 5.41) is 2.49. The summed E-state index contributed by atoms with van der Waals surface area (Å²) in [5.74, 6) is -3.24. The van der Waals surface area contributed by atoms with Gasteiger partial charge in [-0.3, -0.25) is 9.59 Å². The first-order valence-corrected chi connectivity index (χ1v) is 9.92. The minimum absolute atomic E-state index is 0.165. The molecule has 1 heterocycles. The van der Waals surface area contributed by atoms with Gasteiger partial charge in [0, 0.05) is 12.8 Å². The van der Waals surface area contributed by atoms with E-state index in [-0.39, 0.29) is 25.4 Å². The Balaban J connectivity index is 1.90. The summed E-state index contributed by atoms with van der Waals surface area (Å²) in [6.07, 6.45) is 1.83. The van der Waals surface area contributed by atoms with Crippen LogP contribution in [0.5, 0.6) is 0 Å². The van der Waals surface area contributed by atoms with E-state index in [2.05, 4.69) is 10.1 Å². The molecule has 1 saturated heterocycles. The minimum atomic E-state index is -4.94. The van der Waals surface area contributed by atoms with Crippen LogP contribution in [0.1, 0.15) is 70.6 Å². The van der Waals surface area contributed by atoms with Crippen LogP contribution in [0.15, 0.2) is 0 Å². The van der Waals surface area contributed by atoms with Crippen molar-refractivity contribution in [3.8, 4) is 0 Å². The molecule has 1 N–H and O–H groups in total. The number of unbranched alkanes of at least 4 members (excludes halogenated alkanes) is 7. The van der Waals surface area contributed by atoms with E-state index < -0.39 is 30.1 Å². The largest absolute Gasteiger partial charge is 0.490 e. The fraction of sp³-hybridized carbons (Fsp3) is 0.789. The zero-order valence-electron chi connectivity index (χ0n) is 16.4. The molecule has 7 nitrogen and oxygen atoms in total. The lowest BCUT2D eigenvalue weighted by atomic mass is 10.0. The lowest BCUT2D eigenvalue weighted by molar-refractivity contribution is -0.199. The molecular formula is C19H28F3NO6. The number of ketones is 1. The van der Waals surface area contributed by atoms with Crippen molar-refractivity contribution in [1.29, 1.82) is 0 Å². The summed E-state index contributed by atoms with van der Waals surface area (Å²) in [7, 11) is 0. The molecule has 1 aliphatic heterocycles. The Morgan fingerprint density at radius 1 is 1.00 bits per heavy atom. The Kier molecular flexibility index (Phi) is 11.3. The van der Waals surface area contributed by atoms with E-state index in [0.717, 1.165) is 32.1 Å². The Hall–Kier alpha value is -2.13. The van der Waals surface area contributed by atoms with Gasteiger partial charge >= 0.3 is 18.1 Å². The second kappa shape index (κ2) is 13.2. The molecule has 10 heteroatoms. The summed E-state index contributed by atoms with van der Waals surface area (Å²) in [6, 6.07) is -0.646. The maximum Gasteiger partial charge on any atom is 0.490 e. The van der Waals surface area contributed by atoms with Gasteiger partial charge in [0.1, 0.15) is 11.8 Å². The van der Waals surface area contributed by atoms with Crippen molar-refractivity contribution in [3.05, 3.63) is 0 Å². The number of nitrogens with one attached hydrogen (secondary N) is 1. The zero-order chi connectivity index (χ0) is 21.7. The molecule has 0 saturated carbocycles. The van der Waals surface area contributed by atoms with Gasteiger partial charge in [0.2, 0.25) is 5.91 Å². The van der Waals surface area contributed by atoms with E-state index >= 15 is 0 Å². The molecule has 0 bridgehead atoms. The van der Waals surface area contributed by atoms with E-state index in [1.54, 1.807) is 0 Å². The van der Waals surface area contributed by atoms with Crippen LogP contribution in [0, 0.1) is 0 Å². The van der Waals surface area contributed by atoms with Crippen molar-refractivity contribution in [1.82, 2.24) is 5.32 Å². The van der Waals surface area contributed by atoms with E-state index in [9.17, 15) is 32.3 Å². The van der Waals surface area contributed by atoms with Crippen molar-refractivity contribution < 1.29 is 41.8 Å². The van der Waals surface area contributed by atoms with E-state index in [4.69, 9.17) is 4.74 Å². The molecular weight excluding hydrogens is 395 g/mol. The number of hydrogen-bond donors (Lipinski definition) is 1. The number of carbonyl (C=O) groups is 4. The number of rotatable bonds is 14. The maximum absolute atomic E-state index is 11.9. The van der Waals surface area contributed by atoms with Crippen LogP contribution in [0.3, 0.4) is 0 Å². The van der Waals surface area contributed by atoms with Gasteiger partial charge in [-0.1, -0.05) is 38.5 Å². The zero-order valence-corrected chi connectivity index (χ0v) is 16.4. The molecule has 0 spiro atoms. The van der Waals surface area contributed by atoms with Gasteiger partial charge in [0.15, 0.2) is 0 Å². The number of esters is 2. The van der Waals surface area contributed by atoms with Gasteiger partial charge in [0.05, 0.1) is 19.6 Å². The number of cyclic esters (lactones) is 1. The smallest absolute Gasteiger partial charge is 0.464 e. The molecule has 1 fully saturated rings. The molecule has 1 amide bonds. The van der Waals surface area contributed by atoms with Gasteiger partial charge < -0.3 is 14.8 Å². The van der Waals surface area contributed by atoms with Crippen LogP contribution in [0.2, 0.25) is 0 Å². The Morgan fingerprint density at radius 2 is 1.59 bits per heavy atom. The molecule has 0 aromatic carbocycles. The highest BCUT2D eigenvalue weighted by Crippen LogP contribution is 2.17. The number of Topliss-reactive ketones (excluding diaryl/α,β-unsaturated/α-hetero) is 1. The van der Waals surface area contributed by atoms with Crippen molar-refractivity contribution in [2.24, 2.45) is 0 Å². The maximum atomic E-state index is 11.9. The predicted octanol–water partition coefficient (Wildman–Crippen LogP) is 2.99.